The van der Waals surface area contributed by atoms with E-state index in [9.17, 15) is 14.4 Å². The van der Waals surface area contributed by atoms with Crippen molar-refractivity contribution in [2.24, 2.45) is 14.1 Å². The first kappa shape index (κ1) is 19.0. The molecule has 0 spiro atoms. The lowest BCUT2D eigenvalue weighted by Gasteiger charge is -2.16. The van der Waals surface area contributed by atoms with Gasteiger partial charge in [-0.05, 0) is 17.7 Å². The third-order valence-electron chi connectivity index (χ3n) is 3.69. The van der Waals surface area contributed by atoms with Crippen molar-refractivity contribution in [2.75, 3.05) is 7.05 Å². The normalized spacial score (nSPS) is 11.1. The van der Waals surface area contributed by atoms with Crippen molar-refractivity contribution in [1.29, 1.82) is 0 Å². The second kappa shape index (κ2) is 7.72. The van der Waals surface area contributed by atoms with E-state index in [1.54, 1.807) is 25.2 Å². The second-order valence-corrected chi connectivity index (χ2v) is 6.37. The average Bonchev–Trinajstić information content (AvgIpc) is 2.58. The first-order chi connectivity index (χ1) is 11.7. The molecule has 0 N–H and O–H groups in total. The number of carbonyl (C=O) groups excluding carboxylic acids is 1. The van der Waals surface area contributed by atoms with Gasteiger partial charge in [-0.1, -0.05) is 35.3 Å². The first-order valence-corrected chi connectivity index (χ1v) is 8.10. The molecule has 0 saturated carbocycles. The fourth-order valence-corrected chi connectivity index (χ4v) is 2.62. The molecule has 25 heavy (non-hydrogen) atoms. The van der Waals surface area contributed by atoms with Crippen LogP contribution in [0.25, 0.3) is 6.08 Å². The van der Waals surface area contributed by atoms with Crippen LogP contribution in [0, 0.1) is 0 Å². The van der Waals surface area contributed by atoms with Crippen LogP contribution in [0.4, 0.5) is 0 Å². The molecule has 0 unspecified atom stereocenters. The fourth-order valence-electron chi connectivity index (χ4n) is 2.24. The van der Waals surface area contributed by atoms with Crippen LogP contribution in [0.2, 0.25) is 10.0 Å². The number of carbonyl (C=O) groups is 1. The highest BCUT2D eigenvalue weighted by Gasteiger charge is 2.11. The third-order valence-corrected chi connectivity index (χ3v) is 4.55. The number of halogens is 2. The fraction of sp³-hybridized carbons (Fsp3) is 0.235. The molecule has 8 heteroatoms. The minimum atomic E-state index is -0.465. The molecule has 1 amide bonds. The minimum absolute atomic E-state index is 0.243. The maximum atomic E-state index is 12.3. The molecule has 132 valence electrons. The molecule has 2 rings (SSSR count). The highest BCUT2D eigenvalue weighted by Crippen LogP contribution is 2.26. The van der Waals surface area contributed by atoms with E-state index in [0.29, 0.717) is 10.0 Å². The zero-order valence-corrected chi connectivity index (χ0v) is 15.5. The van der Waals surface area contributed by atoms with E-state index in [1.807, 2.05) is 0 Å². The van der Waals surface area contributed by atoms with Crippen LogP contribution in [0.3, 0.4) is 0 Å². The Bertz CT molecular complexity index is 961. The van der Waals surface area contributed by atoms with Gasteiger partial charge in [0, 0.05) is 40.0 Å². The van der Waals surface area contributed by atoms with Crippen molar-refractivity contribution in [3.8, 4) is 0 Å². The quantitative estimate of drug-likeness (QED) is 0.761. The van der Waals surface area contributed by atoms with Crippen LogP contribution in [-0.2, 0) is 25.4 Å². The predicted molar refractivity (Wildman–Crippen MR) is 98.9 cm³/mol. The summed E-state index contributed by atoms with van der Waals surface area (Å²) in [5.41, 5.74) is 0.0671. The summed E-state index contributed by atoms with van der Waals surface area (Å²) in [4.78, 5) is 37.4. The van der Waals surface area contributed by atoms with Gasteiger partial charge in [-0.3, -0.25) is 14.2 Å². The number of hydrogen-bond donors (Lipinski definition) is 0. The lowest BCUT2D eigenvalue weighted by molar-refractivity contribution is -0.125. The number of likely N-dealkylation sites (N-methyl/N-ethyl adjacent to an activating group) is 1. The number of aromatic nitrogens is 2. The van der Waals surface area contributed by atoms with Crippen LogP contribution in [0.15, 0.2) is 40.1 Å². The molecular weight excluding hydrogens is 365 g/mol. The Kier molecular flexibility index (Phi) is 5.87. The van der Waals surface area contributed by atoms with E-state index in [4.69, 9.17) is 23.2 Å². The zero-order chi connectivity index (χ0) is 18.7. The molecule has 1 heterocycles. The Labute approximate surface area is 154 Å². The molecule has 1 aromatic carbocycles. The summed E-state index contributed by atoms with van der Waals surface area (Å²) < 4.78 is 2.26. The van der Waals surface area contributed by atoms with Crippen molar-refractivity contribution < 1.29 is 4.79 Å². The number of amides is 1. The maximum Gasteiger partial charge on any atom is 0.330 e. The molecule has 0 aliphatic rings. The van der Waals surface area contributed by atoms with Gasteiger partial charge in [-0.15, -0.1) is 0 Å². The number of hydrogen-bond acceptors (Lipinski definition) is 3. The van der Waals surface area contributed by atoms with Gasteiger partial charge in [0.25, 0.3) is 5.56 Å². The van der Waals surface area contributed by atoms with Gasteiger partial charge in [0.05, 0.1) is 15.6 Å². The second-order valence-electron chi connectivity index (χ2n) is 5.58. The van der Waals surface area contributed by atoms with E-state index < -0.39 is 11.2 Å². The van der Waals surface area contributed by atoms with Gasteiger partial charge in [0.15, 0.2) is 0 Å². The molecule has 0 radical (unpaired) electrons. The predicted octanol–water partition coefficient (Wildman–Crippen LogP) is 2.06. The molecule has 0 aliphatic heterocycles. The molecular formula is C17H17Cl2N3O3. The summed E-state index contributed by atoms with van der Waals surface area (Å²) in [6.07, 6.45) is 4.06. The van der Waals surface area contributed by atoms with E-state index in [-0.39, 0.29) is 18.0 Å². The highest BCUT2D eigenvalue weighted by molar-refractivity contribution is 6.42. The largest absolute Gasteiger partial charge is 0.338 e. The van der Waals surface area contributed by atoms with Crippen molar-refractivity contribution >= 4 is 35.2 Å². The Balaban J connectivity index is 2.19. The summed E-state index contributed by atoms with van der Waals surface area (Å²) in [5.74, 6) is -0.313. The number of rotatable bonds is 4. The van der Waals surface area contributed by atoms with Gasteiger partial charge in [-0.2, -0.15) is 0 Å². The van der Waals surface area contributed by atoms with Gasteiger partial charge in [-0.25, -0.2) is 4.79 Å². The summed E-state index contributed by atoms with van der Waals surface area (Å²) in [6, 6.07) is 5.21. The number of nitrogens with zero attached hydrogens (tertiary/aromatic N) is 3. The Morgan fingerprint density at radius 3 is 2.60 bits per heavy atom. The minimum Gasteiger partial charge on any atom is -0.338 e. The Hall–Kier alpha value is -2.31. The average molecular weight is 382 g/mol. The SMILES string of the molecule is CN(Cc1cccc(Cl)c1Cl)C(=O)/C=C/c1cn(C)c(=O)n(C)c1=O. The van der Waals surface area contributed by atoms with Gasteiger partial charge in [0.1, 0.15) is 0 Å². The summed E-state index contributed by atoms with van der Waals surface area (Å²) >= 11 is 12.1. The monoisotopic (exact) mass is 381 g/mol. The van der Waals surface area contributed by atoms with E-state index in [1.165, 1.54) is 41.9 Å². The first-order valence-electron chi connectivity index (χ1n) is 7.35. The van der Waals surface area contributed by atoms with Crippen molar-refractivity contribution in [3.63, 3.8) is 0 Å². The van der Waals surface area contributed by atoms with Crippen molar-refractivity contribution in [1.82, 2.24) is 14.0 Å². The van der Waals surface area contributed by atoms with E-state index in [2.05, 4.69) is 0 Å². The maximum absolute atomic E-state index is 12.3. The smallest absolute Gasteiger partial charge is 0.330 e. The number of aryl methyl sites for hydroxylation is 1. The molecule has 6 nitrogen and oxygen atoms in total. The van der Waals surface area contributed by atoms with Crippen molar-refractivity contribution in [2.45, 2.75) is 6.54 Å². The van der Waals surface area contributed by atoms with Gasteiger partial charge >= 0.3 is 5.69 Å². The topological polar surface area (TPSA) is 64.3 Å². The Morgan fingerprint density at radius 1 is 1.24 bits per heavy atom. The molecule has 0 atom stereocenters. The van der Waals surface area contributed by atoms with Crippen molar-refractivity contribution in [3.05, 3.63) is 72.5 Å². The van der Waals surface area contributed by atoms with Crippen LogP contribution in [0.1, 0.15) is 11.1 Å². The summed E-state index contributed by atoms with van der Waals surface area (Å²) in [6.45, 7) is 0.272. The molecule has 2 aromatic rings. The van der Waals surface area contributed by atoms with E-state index in [0.717, 1.165) is 10.1 Å². The summed E-state index contributed by atoms with van der Waals surface area (Å²) in [5, 5.41) is 0.823. The standard InChI is InChI=1S/C17H17Cl2N3O3/c1-20(9-11-5-4-6-13(18)15(11)19)14(23)8-7-12-10-21(2)17(25)22(3)16(12)24/h4-8,10H,9H2,1-3H3/b8-7+. The molecule has 0 bridgehead atoms. The van der Waals surface area contributed by atoms with Crippen LogP contribution < -0.4 is 11.2 Å². The molecule has 0 fully saturated rings. The number of benzene rings is 1. The van der Waals surface area contributed by atoms with Gasteiger partial charge < -0.3 is 9.47 Å². The van der Waals surface area contributed by atoms with E-state index >= 15 is 0 Å². The van der Waals surface area contributed by atoms with Gasteiger partial charge in [0.2, 0.25) is 5.91 Å². The highest BCUT2D eigenvalue weighted by atomic mass is 35.5. The van der Waals surface area contributed by atoms with Crippen LogP contribution in [0.5, 0.6) is 0 Å². The molecule has 0 aliphatic carbocycles. The lowest BCUT2D eigenvalue weighted by atomic mass is 10.2. The third kappa shape index (κ3) is 4.21. The summed E-state index contributed by atoms with van der Waals surface area (Å²) in [7, 11) is 4.54. The Morgan fingerprint density at radius 2 is 1.92 bits per heavy atom. The molecule has 1 aromatic heterocycles. The van der Waals surface area contributed by atoms with Crippen LogP contribution >= 0.6 is 23.2 Å². The zero-order valence-electron chi connectivity index (χ0n) is 14.0. The lowest BCUT2D eigenvalue weighted by Crippen LogP contribution is -2.37. The van der Waals surface area contributed by atoms with Crippen LogP contribution in [-0.4, -0.2) is 27.0 Å². The molecule has 0 saturated heterocycles.